The Morgan fingerprint density at radius 2 is 1.65 bits per heavy atom. The molecular formula is C24H18ClN5O. The molecule has 3 heterocycles. The van der Waals surface area contributed by atoms with E-state index in [2.05, 4.69) is 21.5 Å². The summed E-state index contributed by atoms with van der Waals surface area (Å²) in [4.78, 5) is 27.0. The molecule has 0 amide bonds. The normalized spacial score (nSPS) is 11.2. The number of para-hydroxylation sites is 1. The molecule has 0 aliphatic carbocycles. The van der Waals surface area contributed by atoms with Gasteiger partial charge in [0, 0.05) is 36.3 Å². The number of imidazole rings is 1. The van der Waals surface area contributed by atoms with Crippen LogP contribution in [0.25, 0.3) is 39.5 Å². The van der Waals surface area contributed by atoms with E-state index in [9.17, 15) is 4.79 Å². The van der Waals surface area contributed by atoms with Crippen molar-refractivity contribution in [2.45, 2.75) is 13.5 Å². The van der Waals surface area contributed by atoms with Crippen LogP contribution in [0.4, 0.5) is 0 Å². The molecule has 5 rings (SSSR count). The first-order chi connectivity index (χ1) is 15.2. The molecule has 2 aromatic carbocycles. The van der Waals surface area contributed by atoms with Crippen LogP contribution < -0.4 is 5.56 Å². The van der Waals surface area contributed by atoms with Gasteiger partial charge in [-0.3, -0.25) is 4.79 Å². The minimum absolute atomic E-state index is 0.180. The first-order valence-electron chi connectivity index (χ1n) is 9.91. The summed E-state index contributed by atoms with van der Waals surface area (Å²) < 4.78 is 3.61. The summed E-state index contributed by atoms with van der Waals surface area (Å²) in [6.07, 6.45) is 5.27. The summed E-state index contributed by atoms with van der Waals surface area (Å²) in [6.45, 7) is 2.92. The second-order valence-corrected chi connectivity index (χ2v) is 7.48. The van der Waals surface area contributed by atoms with E-state index in [0.29, 0.717) is 27.6 Å². The van der Waals surface area contributed by atoms with E-state index in [1.807, 2.05) is 48.7 Å². The standard InChI is InChI=1S/C24H18ClN5O/c1-2-29-14-13-26-22(29)16-7-9-17(10-8-16)23-28-20-6-4-3-5-19(20)24(31)30(23)21-12-11-18(25)15-27-21/h3-15H,2H2,1H3. The van der Waals surface area contributed by atoms with E-state index in [1.165, 1.54) is 10.8 Å². The Hall–Kier alpha value is -3.77. The van der Waals surface area contributed by atoms with Gasteiger partial charge < -0.3 is 4.57 Å². The Labute approximate surface area is 183 Å². The molecule has 0 unspecified atom stereocenters. The third-order valence-electron chi connectivity index (χ3n) is 5.17. The zero-order chi connectivity index (χ0) is 21.4. The number of aryl methyl sites for hydroxylation is 1. The number of benzene rings is 2. The van der Waals surface area contributed by atoms with Crippen LogP contribution in [-0.2, 0) is 6.54 Å². The lowest BCUT2D eigenvalue weighted by Crippen LogP contribution is -2.22. The molecule has 0 spiro atoms. The molecular weight excluding hydrogens is 410 g/mol. The Bertz CT molecular complexity index is 1440. The van der Waals surface area contributed by atoms with E-state index in [1.54, 1.807) is 24.4 Å². The number of pyridine rings is 1. The minimum Gasteiger partial charge on any atom is -0.331 e. The monoisotopic (exact) mass is 427 g/mol. The Balaban J connectivity index is 1.71. The summed E-state index contributed by atoms with van der Waals surface area (Å²) in [7, 11) is 0. The summed E-state index contributed by atoms with van der Waals surface area (Å²) in [5.41, 5.74) is 2.26. The van der Waals surface area contributed by atoms with Gasteiger partial charge in [-0.2, -0.15) is 0 Å². The van der Waals surface area contributed by atoms with Crippen molar-refractivity contribution >= 4 is 22.5 Å². The van der Waals surface area contributed by atoms with Gasteiger partial charge in [0.1, 0.15) is 17.5 Å². The van der Waals surface area contributed by atoms with Crippen LogP contribution in [-0.4, -0.2) is 24.1 Å². The van der Waals surface area contributed by atoms with Gasteiger partial charge in [0.05, 0.1) is 15.9 Å². The van der Waals surface area contributed by atoms with Crippen LogP contribution in [0, 0.1) is 0 Å². The van der Waals surface area contributed by atoms with Gasteiger partial charge >= 0.3 is 0 Å². The number of aromatic nitrogens is 5. The Morgan fingerprint density at radius 3 is 2.35 bits per heavy atom. The Kier molecular flexibility index (Phi) is 4.84. The third kappa shape index (κ3) is 3.41. The maximum atomic E-state index is 13.4. The number of halogens is 1. The fraction of sp³-hybridized carbons (Fsp3) is 0.0833. The van der Waals surface area contributed by atoms with Gasteiger partial charge in [0.15, 0.2) is 0 Å². The summed E-state index contributed by atoms with van der Waals surface area (Å²) in [6, 6.07) is 18.6. The number of rotatable bonds is 4. The highest BCUT2D eigenvalue weighted by atomic mass is 35.5. The summed E-state index contributed by atoms with van der Waals surface area (Å²) in [5.74, 6) is 1.88. The molecule has 0 saturated carbocycles. The van der Waals surface area contributed by atoms with Crippen LogP contribution in [0.1, 0.15) is 6.92 Å². The maximum absolute atomic E-state index is 13.4. The highest BCUT2D eigenvalue weighted by Gasteiger charge is 2.16. The molecule has 5 aromatic rings. The topological polar surface area (TPSA) is 65.6 Å². The average molecular weight is 428 g/mol. The van der Waals surface area contributed by atoms with Crippen LogP contribution in [0.2, 0.25) is 5.02 Å². The zero-order valence-corrected chi connectivity index (χ0v) is 17.5. The van der Waals surface area contributed by atoms with Crippen molar-refractivity contribution < 1.29 is 0 Å². The third-order valence-corrected chi connectivity index (χ3v) is 5.40. The molecule has 7 heteroatoms. The summed E-state index contributed by atoms with van der Waals surface area (Å²) >= 11 is 6.01. The lowest BCUT2D eigenvalue weighted by atomic mass is 10.1. The van der Waals surface area contributed by atoms with Crippen LogP contribution in [0.5, 0.6) is 0 Å². The number of hydrogen-bond donors (Lipinski definition) is 0. The van der Waals surface area contributed by atoms with Gasteiger partial charge in [0.25, 0.3) is 5.56 Å². The highest BCUT2D eigenvalue weighted by molar-refractivity contribution is 6.30. The van der Waals surface area contributed by atoms with Gasteiger partial charge in [-0.05, 0) is 31.2 Å². The van der Waals surface area contributed by atoms with Gasteiger partial charge in [-0.1, -0.05) is 48.0 Å². The molecule has 31 heavy (non-hydrogen) atoms. The van der Waals surface area contributed by atoms with Crippen LogP contribution >= 0.6 is 11.6 Å². The van der Waals surface area contributed by atoms with Crippen molar-refractivity contribution in [3.8, 4) is 28.6 Å². The Morgan fingerprint density at radius 1 is 0.903 bits per heavy atom. The smallest absolute Gasteiger partial charge is 0.267 e. The molecule has 0 atom stereocenters. The van der Waals surface area contributed by atoms with Gasteiger partial charge in [-0.15, -0.1) is 0 Å². The van der Waals surface area contributed by atoms with E-state index >= 15 is 0 Å². The number of hydrogen-bond acceptors (Lipinski definition) is 4. The zero-order valence-electron chi connectivity index (χ0n) is 16.7. The van der Waals surface area contributed by atoms with Crippen molar-refractivity contribution in [3.05, 3.63) is 94.6 Å². The van der Waals surface area contributed by atoms with Crippen molar-refractivity contribution in [1.29, 1.82) is 0 Å². The van der Waals surface area contributed by atoms with Gasteiger partial charge in [-0.25, -0.2) is 19.5 Å². The maximum Gasteiger partial charge on any atom is 0.267 e. The van der Waals surface area contributed by atoms with Crippen LogP contribution in [0.3, 0.4) is 0 Å². The van der Waals surface area contributed by atoms with E-state index in [4.69, 9.17) is 16.6 Å². The van der Waals surface area contributed by atoms with E-state index in [0.717, 1.165) is 23.5 Å². The molecule has 3 aromatic heterocycles. The average Bonchev–Trinajstić information content (AvgIpc) is 3.29. The molecule has 0 fully saturated rings. The molecule has 0 aliphatic rings. The molecule has 0 radical (unpaired) electrons. The first-order valence-corrected chi connectivity index (χ1v) is 10.3. The van der Waals surface area contributed by atoms with Crippen molar-refractivity contribution in [2.75, 3.05) is 0 Å². The first kappa shape index (κ1) is 19.2. The fourth-order valence-corrected chi connectivity index (χ4v) is 3.74. The quantitative estimate of drug-likeness (QED) is 0.405. The fourth-order valence-electron chi connectivity index (χ4n) is 3.63. The molecule has 0 saturated heterocycles. The molecule has 152 valence electrons. The molecule has 0 aliphatic heterocycles. The lowest BCUT2D eigenvalue weighted by molar-refractivity contribution is 0.771. The SMILES string of the molecule is CCn1ccnc1-c1ccc(-c2nc3ccccc3c(=O)n2-c2ccc(Cl)cn2)cc1. The minimum atomic E-state index is -0.180. The van der Waals surface area contributed by atoms with E-state index < -0.39 is 0 Å². The second kappa shape index (κ2) is 7.81. The second-order valence-electron chi connectivity index (χ2n) is 7.04. The van der Waals surface area contributed by atoms with Crippen molar-refractivity contribution in [1.82, 2.24) is 24.1 Å². The van der Waals surface area contributed by atoms with E-state index in [-0.39, 0.29) is 5.56 Å². The number of nitrogens with zero attached hydrogens (tertiary/aromatic N) is 5. The largest absolute Gasteiger partial charge is 0.331 e. The van der Waals surface area contributed by atoms with Crippen molar-refractivity contribution in [2.24, 2.45) is 0 Å². The van der Waals surface area contributed by atoms with Gasteiger partial charge in [0.2, 0.25) is 0 Å². The molecule has 0 N–H and O–H groups in total. The number of fused-ring (bicyclic) bond motifs is 1. The highest BCUT2D eigenvalue weighted by Crippen LogP contribution is 2.25. The molecule has 0 bridgehead atoms. The van der Waals surface area contributed by atoms with Crippen LogP contribution in [0.15, 0.2) is 84.0 Å². The lowest BCUT2D eigenvalue weighted by Gasteiger charge is -2.13. The predicted molar refractivity (Wildman–Crippen MR) is 122 cm³/mol. The molecule has 6 nitrogen and oxygen atoms in total. The summed E-state index contributed by atoms with van der Waals surface area (Å²) in [5, 5.41) is 1.03. The predicted octanol–water partition coefficient (Wildman–Crippen LogP) is 4.98. The van der Waals surface area contributed by atoms with Crippen molar-refractivity contribution in [3.63, 3.8) is 0 Å².